The number of aliphatic imine (C=N–C) groups is 1. The van der Waals surface area contributed by atoms with E-state index in [-0.39, 0.29) is 24.0 Å². The van der Waals surface area contributed by atoms with Crippen LogP contribution in [0.3, 0.4) is 0 Å². The first-order valence-electron chi connectivity index (χ1n) is 9.62. The lowest BCUT2D eigenvalue weighted by Gasteiger charge is -2.28. The van der Waals surface area contributed by atoms with Gasteiger partial charge in [-0.3, -0.25) is 4.99 Å². The van der Waals surface area contributed by atoms with Gasteiger partial charge in [0, 0.05) is 18.8 Å². The van der Waals surface area contributed by atoms with Crippen molar-refractivity contribution in [1.82, 2.24) is 4.90 Å². The summed E-state index contributed by atoms with van der Waals surface area (Å²) in [5, 5.41) is 3.34. The van der Waals surface area contributed by atoms with E-state index in [0.29, 0.717) is 11.9 Å². The maximum atomic E-state index is 6.15. The number of nitrogens with one attached hydrogen (secondary N) is 1. The van der Waals surface area contributed by atoms with Crippen molar-refractivity contribution in [3.8, 4) is 0 Å². The first kappa shape index (κ1) is 20.5. The summed E-state index contributed by atoms with van der Waals surface area (Å²) in [4.78, 5) is 7.16. The van der Waals surface area contributed by atoms with Gasteiger partial charge in [-0.1, -0.05) is 25.5 Å². The Morgan fingerprint density at radius 1 is 1.16 bits per heavy atom. The molecule has 0 spiro atoms. The molecule has 25 heavy (non-hydrogen) atoms. The number of rotatable bonds is 5. The fourth-order valence-corrected chi connectivity index (χ4v) is 3.97. The Balaban J connectivity index is 0.00000225. The molecule has 4 nitrogen and oxygen atoms in total. The van der Waals surface area contributed by atoms with Crippen molar-refractivity contribution >= 4 is 35.6 Å². The van der Waals surface area contributed by atoms with E-state index < -0.39 is 0 Å². The van der Waals surface area contributed by atoms with E-state index in [4.69, 9.17) is 5.73 Å². The maximum absolute atomic E-state index is 6.15. The van der Waals surface area contributed by atoms with E-state index in [0.717, 1.165) is 25.2 Å². The molecule has 0 radical (unpaired) electrons. The minimum Gasteiger partial charge on any atom is -0.370 e. The van der Waals surface area contributed by atoms with Crippen molar-refractivity contribution in [1.29, 1.82) is 0 Å². The Labute approximate surface area is 169 Å². The van der Waals surface area contributed by atoms with Crippen molar-refractivity contribution in [3.63, 3.8) is 0 Å². The molecular weight excluding hydrogens is 423 g/mol. The predicted molar refractivity (Wildman–Crippen MR) is 118 cm³/mol. The van der Waals surface area contributed by atoms with Gasteiger partial charge in [0.15, 0.2) is 5.96 Å². The Bertz CT molecular complexity index is 567. The van der Waals surface area contributed by atoms with E-state index in [2.05, 4.69) is 40.3 Å². The lowest BCUT2D eigenvalue weighted by molar-refractivity contribution is 0.203. The summed E-state index contributed by atoms with van der Waals surface area (Å²) in [6, 6.07) is 6.50. The lowest BCUT2D eigenvalue weighted by Crippen LogP contribution is -2.34. The topological polar surface area (TPSA) is 53.6 Å². The zero-order chi connectivity index (χ0) is 16.8. The summed E-state index contributed by atoms with van der Waals surface area (Å²) in [6.07, 6.45) is 8.99. The molecule has 0 aromatic heterocycles. The van der Waals surface area contributed by atoms with Gasteiger partial charge in [-0.05, 0) is 74.7 Å². The highest BCUT2D eigenvalue weighted by molar-refractivity contribution is 14.0. The summed E-state index contributed by atoms with van der Waals surface area (Å²) in [7, 11) is 0. The Kier molecular flexibility index (Phi) is 8.49. The molecule has 0 amide bonds. The Morgan fingerprint density at radius 2 is 1.92 bits per heavy atom. The standard InChI is InChI=1S/C20H32N4.HI/c1-16(15-24-12-5-2-6-13-24)14-22-20(21)23-19-11-7-9-17-8-3-4-10-18(17)19;/h7,9,11,16H,2-6,8,10,12-15H2,1H3,(H3,21,22,23);1H. The zero-order valence-corrected chi connectivity index (χ0v) is 17.8. The van der Waals surface area contributed by atoms with E-state index in [1.807, 2.05) is 0 Å². The van der Waals surface area contributed by atoms with Crippen molar-refractivity contribution in [3.05, 3.63) is 29.3 Å². The number of nitrogens with zero attached hydrogens (tertiary/aromatic N) is 2. The minimum absolute atomic E-state index is 0. The zero-order valence-electron chi connectivity index (χ0n) is 15.5. The highest BCUT2D eigenvalue weighted by Gasteiger charge is 2.14. The molecule has 1 fully saturated rings. The van der Waals surface area contributed by atoms with Crippen LogP contribution in [0.2, 0.25) is 0 Å². The largest absolute Gasteiger partial charge is 0.370 e. The highest BCUT2D eigenvalue weighted by atomic mass is 127. The summed E-state index contributed by atoms with van der Waals surface area (Å²) in [5.74, 6) is 1.10. The van der Waals surface area contributed by atoms with Crippen LogP contribution >= 0.6 is 24.0 Å². The van der Waals surface area contributed by atoms with Crippen LogP contribution in [0.25, 0.3) is 0 Å². The van der Waals surface area contributed by atoms with Gasteiger partial charge < -0.3 is 16.0 Å². The molecule has 1 unspecified atom stereocenters. The highest BCUT2D eigenvalue weighted by Crippen LogP contribution is 2.27. The van der Waals surface area contributed by atoms with Crippen LogP contribution in [-0.2, 0) is 12.8 Å². The van der Waals surface area contributed by atoms with Crippen molar-refractivity contribution < 1.29 is 0 Å². The van der Waals surface area contributed by atoms with E-state index in [9.17, 15) is 0 Å². The molecular formula is C20H33IN4. The van der Waals surface area contributed by atoms with E-state index >= 15 is 0 Å². The third-order valence-corrected chi connectivity index (χ3v) is 5.25. The predicted octanol–water partition coefficient (Wildman–Crippen LogP) is 4.03. The normalized spacial score (nSPS) is 19.6. The third kappa shape index (κ3) is 6.13. The Morgan fingerprint density at radius 3 is 2.72 bits per heavy atom. The van der Waals surface area contributed by atoms with Gasteiger partial charge in [0.2, 0.25) is 0 Å². The average molecular weight is 456 g/mol. The monoisotopic (exact) mass is 456 g/mol. The molecule has 1 aromatic carbocycles. The summed E-state index contributed by atoms with van der Waals surface area (Å²) in [5.41, 5.74) is 10.2. The molecule has 5 heteroatoms. The molecule has 140 valence electrons. The van der Waals surface area contributed by atoms with Crippen molar-refractivity contribution in [2.75, 3.05) is 31.5 Å². The van der Waals surface area contributed by atoms with Crippen LogP contribution in [0, 0.1) is 5.92 Å². The molecule has 3 N–H and O–H groups in total. The molecule has 3 rings (SSSR count). The van der Waals surface area contributed by atoms with E-state index in [1.54, 1.807) is 0 Å². The number of guanidine groups is 1. The van der Waals surface area contributed by atoms with E-state index in [1.165, 1.54) is 62.7 Å². The van der Waals surface area contributed by atoms with Gasteiger partial charge in [0.1, 0.15) is 0 Å². The maximum Gasteiger partial charge on any atom is 0.193 e. The van der Waals surface area contributed by atoms with Gasteiger partial charge in [-0.25, -0.2) is 0 Å². The smallest absolute Gasteiger partial charge is 0.193 e. The van der Waals surface area contributed by atoms with Gasteiger partial charge >= 0.3 is 0 Å². The number of hydrogen-bond acceptors (Lipinski definition) is 2. The second-order valence-corrected chi connectivity index (χ2v) is 7.47. The van der Waals surface area contributed by atoms with Crippen LogP contribution < -0.4 is 11.1 Å². The second kappa shape index (κ2) is 10.4. The molecule has 1 aromatic rings. The fourth-order valence-electron chi connectivity index (χ4n) is 3.97. The van der Waals surface area contributed by atoms with Gasteiger partial charge in [-0.15, -0.1) is 24.0 Å². The molecule has 0 bridgehead atoms. The first-order chi connectivity index (χ1) is 11.7. The number of hydrogen-bond donors (Lipinski definition) is 2. The fraction of sp³-hybridized carbons (Fsp3) is 0.650. The minimum atomic E-state index is 0. The molecule has 0 saturated carbocycles. The molecule has 1 heterocycles. The number of benzene rings is 1. The quantitative estimate of drug-likeness (QED) is 0.400. The van der Waals surface area contributed by atoms with Crippen LogP contribution in [-0.4, -0.2) is 37.0 Å². The van der Waals surface area contributed by atoms with Crippen molar-refractivity contribution in [2.24, 2.45) is 16.6 Å². The van der Waals surface area contributed by atoms with Gasteiger partial charge in [0.25, 0.3) is 0 Å². The molecule has 1 atom stereocenters. The summed E-state index contributed by atoms with van der Waals surface area (Å²) >= 11 is 0. The molecule has 1 saturated heterocycles. The number of nitrogens with two attached hydrogens (primary N) is 1. The van der Waals surface area contributed by atoms with Crippen molar-refractivity contribution in [2.45, 2.75) is 51.9 Å². The number of anilines is 1. The first-order valence-corrected chi connectivity index (χ1v) is 9.62. The average Bonchev–Trinajstić information content (AvgIpc) is 2.61. The third-order valence-electron chi connectivity index (χ3n) is 5.25. The van der Waals surface area contributed by atoms with Crippen LogP contribution in [0.4, 0.5) is 5.69 Å². The second-order valence-electron chi connectivity index (χ2n) is 7.47. The number of fused-ring (bicyclic) bond motifs is 1. The number of piperidine rings is 1. The SMILES string of the molecule is CC(CN=C(N)Nc1cccc2c1CCCC2)CN1CCCCC1.I. The Hall–Kier alpha value is -0.820. The molecule has 2 aliphatic rings. The van der Waals surface area contributed by atoms with Crippen LogP contribution in [0.15, 0.2) is 23.2 Å². The van der Waals surface area contributed by atoms with Crippen LogP contribution in [0.1, 0.15) is 50.2 Å². The van der Waals surface area contributed by atoms with Crippen LogP contribution in [0.5, 0.6) is 0 Å². The summed E-state index contributed by atoms with van der Waals surface area (Å²) in [6.45, 7) is 6.70. The number of halogens is 1. The molecule has 1 aliphatic heterocycles. The van der Waals surface area contributed by atoms with Gasteiger partial charge in [-0.2, -0.15) is 0 Å². The lowest BCUT2D eigenvalue weighted by atomic mass is 9.90. The summed E-state index contributed by atoms with van der Waals surface area (Å²) < 4.78 is 0. The number of likely N-dealkylation sites (tertiary alicyclic amines) is 1. The number of aryl methyl sites for hydroxylation is 1. The van der Waals surface area contributed by atoms with Gasteiger partial charge in [0.05, 0.1) is 0 Å². The molecule has 1 aliphatic carbocycles.